The molecular formula is C18H18N2O7S. The summed E-state index contributed by atoms with van der Waals surface area (Å²) in [6.07, 6.45) is -0.780. The van der Waals surface area contributed by atoms with Crippen LogP contribution in [0.5, 0.6) is 0 Å². The number of carbonyl (C=O) groups excluding carboxylic acids is 4. The summed E-state index contributed by atoms with van der Waals surface area (Å²) >= 11 is 1.26. The third kappa shape index (κ3) is 3.78. The number of carboxylic acids is 1. The molecule has 4 amide bonds. The summed E-state index contributed by atoms with van der Waals surface area (Å²) in [5.74, 6) is -2.90. The molecule has 2 atom stereocenters. The Kier molecular flexibility index (Phi) is 5.80. The van der Waals surface area contributed by atoms with Crippen LogP contribution in [0.1, 0.15) is 40.5 Å². The van der Waals surface area contributed by atoms with Crippen LogP contribution in [0.2, 0.25) is 0 Å². The van der Waals surface area contributed by atoms with Gasteiger partial charge in [0.05, 0.1) is 17.7 Å². The van der Waals surface area contributed by atoms with Gasteiger partial charge in [-0.2, -0.15) is 0 Å². The largest absolute Gasteiger partial charge is 0.479 e. The van der Waals surface area contributed by atoms with Crippen molar-refractivity contribution in [3.05, 3.63) is 29.3 Å². The van der Waals surface area contributed by atoms with E-state index in [4.69, 9.17) is 9.84 Å². The Balaban J connectivity index is 1.74. The zero-order chi connectivity index (χ0) is 20.4. The summed E-state index contributed by atoms with van der Waals surface area (Å²) in [5.41, 5.74) is 0.424. The lowest BCUT2D eigenvalue weighted by Crippen LogP contribution is -2.54. The molecule has 2 unspecified atom stereocenters. The van der Waals surface area contributed by atoms with E-state index in [1.165, 1.54) is 24.8 Å². The molecule has 2 N–H and O–H groups in total. The van der Waals surface area contributed by atoms with Gasteiger partial charge in [-0.05, 0) is 25.5 Å². The first-order valence-electron chi connectivity index (χ1n) is 8.63. The Labute approximate surface area is 164 Å². The lowest BCUT2D eigenvalue weighted by Gasteiger charge is -2.27. The molecule has 10 heteroatoms. The summed E-state index contributed by atoms with van der Waals surface area (Å²) in [5, 5.41) is 11.0. The van der Waals surface area contributed by atoms with E-state index < -0.39 is 41.7 Å². The van der Waals surface area contributed by atoms with E-state index in [-0.39, 0.29) is 30.6 Å². The topological polar surface area (TPSA) is 130 Å². The van der Waals surface area contributed by atoms with Gasteiger partial charge >= 0.3 is 5.97 Å². The predicted octanol–water partition coefficient (Wildman–Crippen LogP) is 0.670. The van der Waals surface area contributed by atoms with E-state index in [1.54, 1.807) is 12.1 Å². The smallest absolute Gasteiger partial charge is 0.332 e. The van der Waals surface area contributed by atoms with E-state index >= 15 is 0 Å². The second-order valence-corrected chi connectivity index (χ2v) is 7.46. The molecule has 0 aromatic heterocycles. The third-order valence-electron chi connectivity index (χ3n) is 4.49. The highest BCUT2D eigenvalue weighted by Gasteiger charge is 2.45. The van der Waals surface area contributed by atoms with Crippen LogP contribution in [-0.2, 0) is 19.1 Å². The molecule has 2 aliphatic heterocycles. The fourth-order valence-electron chi connectivity index (χ4n) is 3.05. The van der Waals surface area contributed by atoms with Crippen molar-refractivity contribution < 1.29 is 33.8 Å². The van der Waals surface area contributed by atoms with Crippen molar-refractivity contribution >= 4 is 41.4 Å². The Bertz CT molecular complexity index is 869. The summed E-state index contributed by atoms with van der Waals surface area (Å²) in [6.45, 7) is 1.58. The molecule has 0 bridgehead atoms. The third-order valence-corrected chi connectivity index (χ3v) is 5.51. The average molecular weight is 406 g/mol. The molecule has 148 valence electrons. The van der Waals surface area contributed by atoms with Gasteiger partial charge < -0.3 is 9.84 Å². The first kappa shape index (κ1) is 20.0. The van der Waals surface area contributed by atoms with Crippen LogP contribution in [0.4, 0.5) is 0 Å². The van der Waals surface area contributed by atoms with E-state index in [2.05, 4.69) is 5.32 Å². The normalized spacial score (nSPS) is 20.2. The molecule has 0 spiro atoms. The van der Waals surface area contributed by atoms with Crippen LogP contribution in [0.15, 0.2) is 23.1 Å². The molecule has 1 aromatic rings. The molecule has 3 rings (SSSR count). The van der Waals surface area contributed by atoms with E-state index in [9.17, 15) is 24.0 Å². The molecule has 2 heterocycles. The van der Waals surface area contributed by atoms with Crippen molar-refractivity contribution in [3.63, 3.8) is 0 Å². The Morgan fingerprint density at radius 2 is 2.07 bits per heavy atom. The number of rotatable bonds is 7. The van der Waals surface area contributed by atoms with Gasteiger partial charge in [-0.25, -0.2) is 4.79 Å². The summed E-state index contributed by atoms with van der Waals surface area (Å²) in [6, 6.07) is 3.83. The quantitative estimate of drug-likeness (QED) is 0.384. The Hall–Kier alpha value is -2.72. The number of aliphatic carboxylic acids is 1. The zero-order valence-corrected chi connectivity index (χ0v) is 15.8. The zero-order valence-electron chi connectivity index (χ0n) is 15.0. The molecule has 0 radical (unpaired) electrons. The van der Waals surface area contributed by atoms with Crippen LogP contribution < -0.4 is 5.32 Å². The number of carbonyl (C=O) groups is 5. The van der Waals surface area contributed by atoms with Gasteiger partial charge in [0.2, 0.25) is 11.8 Å². The monoisotopic (exact) mass is 406 g/mol. The van der Waals surface area contributed by atoms with Crippen molar-refractivity contribution in [1.29, 1.82) is 0 Å². The number of hydrogen-bond donors (Lipinski definition) is 2. The molecule has 1 fully saturated rings. The van der Waals surface area contributed by atoms with E-state index in [1.807, 2.05) is 0 Å². The van der Waals surface area contributed by atoms with Gasteiger partial charge in [0, 0.05) is 17.1 Å². The molecule has 0 saturated carbocycles. The van der Waals surface area contributed by atoms with Crippen LogP contribution >= 0.6 is 11.8 Å². The lowest BCUT2D eigenvalue weighted by molar-refractivity contribution is -0.148. The SMILES string of the molecule is CC(OCCSc1cccc2c1C(=O)N(C1CCC(=O)NC1=O)C2=O)C(=O)O. The number of fused-ring (bicyclic) bond motifs is 1. The number of carboxylic acid groups (broad SMARTS) is 1. The Morgan fingerprint density at radius 3 is 2.75 bits per heavy atom. The minimum Gasteiger partial charge on any atom is -0.479 e. The van der Waals surface area contributed by atoms with Gasteiger partial charge in [-0.3, -0.25) is 29.4 Å². The number of amides is 4. The van der Waals surface area contributed by atoms with Crippen LogP contribution in [0.3, 0.4) is 0 Å². The standard InChI is InChI=1S/C18H18N2O7S/c1-9(18(25)26)27-7-8-28-12-4-2-3-10-14(12)17(24)20(16(10)23)11-5-6-13(21)19-15(11)22/h2-4,9,11H,5-8H2,1H3,(H,25,26)(H,19,21,22). The summed E-state index contributed by atoms with van der Waals surface area (Å²) in [4.78, 5) is 61.3. The Morgan fingerprint density at radius 1 is 1.32 bits per heavy atom. The number of benzene rings is 1. The van der Waals surface area contributed by atoms with Gasteiger partial charge in [-0.15, -0.1) is 11.8 Å². The van der Waals surface area contributed by atoms with Crippen molar-refractivity contribution in [1.82, 2.24) is 10.2 Å². The maximum Gasteiger partial charge on any atom is 0.332 e. The molecule has 0 aliphatic carbocycles. The second kappa shape index (κ2) is 8.11. The van der Waals surface area contributed by atoms with Crippen molar-refractivity contribution in [2.24, 2.45) is 0 Å². The van der Waals surface area contributed by atoms with Crippen molar-refractivity contribution in [3.8, 4) is 0 Å². The second-order valence-electron chi connectivity index (χ2n) is 6.33. The van der Waals surface area contributed by atoms with E-state index in [0.717, 1.165) is 4.90 Å². The lowest BCUT2D eigenvalue weighted by atomic mass is 10.0. The molecule has 2 aliphatic rings. The van der Waals surface area contributed by atoms with Gasteiger partial charge in [-0.1, -0.05) is 6.07 Å². The highest BCUT2D eigenvalue weighted by molar-refractivity contribution is 7.99. The molecule has 9 nitrogen and oxygen atoms in total. The maximum atomic E-state index is 12.9. The van der Waals surface area contributed by atoms with Gasteiger partial charge in [0.15, 0.2) is 6.10 Å². The average Bonchev–Trinajstić information content (AvgIpc) is 2.90. The molecular weight excluding hydrogens is 388 g/mol. The molecule has 28 heavy (non-hydrogen) atoms. The minimum absolute atomic E-state index is 0.0600. The molecule has 1 saturated heterocycles. The fraction of sp³-hybridized carbons (Fsp3) is 0.389. The molecule has 1 aromatic carbocycles. The highest BCUT2D eigenvalue weighted by Crippen LogP contribution is 2.34. The van der Waals surface area contributed by atoms with Gasteiger partial charge in [0.1, 0.15) is 6.04 Å². The van der Waals surface area contributed by atoms with Crippen LogP contribution in [-0.4, -0.2) is 64.1 Å². The minimum atomic E-state index is -1.06. The fourth-order valence-corrected chi connectivity index (χ4v) is 3.97. The highest BCUT2D eigenvalue weighted by atomic mass is 32.2. The van der Waals surface area contributed by atoms with E-state index in [0.29, 0.717) is 10.6 Å². The van der Waals surface area contributed by atoms with Gasteiger partial charge in [0.25, 0.3) is 11.8 Å². The summed E-state index contributed by atoms with van der Waals surface area (Å²) in [7, 11) is 0. The van der Waals surface area contributed by atoms with Crippen molar-refractivity contribution in [2.45, 2.75) is 36.8 Å². The summed E-state index contributed by atoms with van der Waals surface area (Å²) < 4.78 is 5.17. The number of thioether (sulfide) groups is 1. The number of ether oxygens (including phenoxy) is 1. The van der Waals surface area contributed by atoms with Crippen LogP contribution in [0.25, 0.3) is 0 Å². The number of piperidine rings is 1. The number of nitrogens with one attached hydrogen (secondary N) is 1. The van der Waals surface area contributed by atoms with Crippen molar-refractivity contribution in [2.75, 3.05) is 12.4 Å². The maximum absolute atomic E-state index is 12.9. The number of hydrogen-bond acceptors (Lipinski definition) is 7. The number of nitrogens with zero attached hydrogens (tertiary/aromatic N) is 1. The van der Waals surface area contributed by atoms with Crippen LogP contribution in [0, 0.1) is 0 Å². The predicted molar refractivity (Wildman–Crippen MR) is 96.9 cm³/mol. The first-order valence-corrected chi connectivity index (χ1v) is 9.61. The number of imide groups is 2. The first-order chi connectivity index (χ1) is 13.3.